The van der Waals surface area contributed by atoms with E-state index in [0.717, 1.165) is 23.2 Å². The lowest BCUT2D eigenvalue weighted by molar-refractivity contribution is 0.340. The number of fused-ring (bicyclic) bond motifs is 3. The van der Waals surface area contributed by atoms with E-state index in [0.29, 0.717) is 35.7 Å². The van der Waals surface area contributed by atoms with Crippen molar-refractivity contribution in [1.82, 2.24) is 24.7 Å². The molecule has 1 N–H and O–H groups in total. The van der Waals surface area contributed by atoms with Gasteiger partial charge in [0.2, 0.25) is 5.95 Å². The lowest BCUT2D eigenvalue weighted by Crippen LogP contribution is -2.48. The lowest BCUT2D eigenvalue weighted by Gasteiger charge is -2.37. The minimum absolute atomic E-state index is 0.386. The normalized spacial score (nSPS) is 25.7. The quantitative estimate of drug-likeness (QED) is 0.718. The third kappa shape index (κ3) is 2.57. The van der Waals surface area contributed by atoms with Crippen LogP contribution in [0, 0.1) is 18.8 Å². The Bertz CT molecular complexity index is 908. The Labute approximate surface area is 152 Å². The molecule has 1 saturated heterocycles. The summed E-state index contributed by atoms with van der Waals surface area (Å²) in [5.74, 6) is 2.43. The minimum Gasteiger partial charge on any atom is -0.349 e. The summed E-state index contributed by atoms with van der Waals surface area (Å²) in [5, 5.41) is 12.0. The number of hydrogen-bond donors (Lipinski definition) is 1. The third-order valence-corrected chi connectivity index (χ3v) is 5.85. The molecule has 1 unspecified atom stereocenters. The Kier molecular flexibility index (Phi) is 3.44. The van der Waals surface area contributed by atoms with Crippen LogP contribution in [0.2, 0.25) is 0 Å². The lowest BCUT2D eigenvalue weighted by atomic mass is 9.92. The van der Waals surface area contributed by atoms with Crippen LogP contribution in [-0.4, -0.2) is 43.9 Å². The highest BCUT2D eigenvalue weighted by Gasteiger charge is 2.43. The van der Waals surface area contributed by atoms with Crippen molar-refractivity contribution in [3.05, 3.63) is 28.6 Å². The van der Waals surface area contributed by atoms with Crippen molar-refractivity contribution in [3.63, 3.8) is 0 Å². The van der Waals surface area contributed by atoms with Crippen molar-refractivity contribution in [2.75, 3.05) is 23.3 Å². The van der Waals surface area contributed by atoms with Crippen molar-refractivity contribution in [2.45, 2.75) is 25.8 Å². The molecule has 3 aromatic rings. The molecular formula is C16H18BrN7O. The number of piperidine rings is 1. The van der Waals surface area contributed by atoms with Gasteiger partial charge in [-0.3, -0.25) is 0 Å². The zero-order chi connectivity index (χ0) is 17.0. The van der Waals surface area contributed by atoms with Gasteiger partial charge in [-0.15, -0.1) is 5.10 Å². The SMILES string of the molecule is Cc1noc(N2C[C@H]3CC[C@@H](C2)C3Nc2nc3c(Br)cccn3n2)n1. The molecular weight excluding hydrogens is 386 g/mol. The summed E-state index contributed by atoms with van der Waals surface area (Å²) in [6.45, 7) is 3.70. The van der Waals surface area contributed by atoms with E-state index < -0.39 is 0 Å². The second-order valence-corrected chi connectivity index (χ2v) is 7.71. The number of nitrogens with one attached hydrogen (secondary N) is 1. The molecule has 25 heavy (non-hydrogen) atoms. The summed E-state index contributed by atoms with van der Waals surface area (Å²) in [4.78, 5) is 11.2. The Balaban J connectivity index is 1.36. The van der Waals surface area contributed by atoms with Crippen LogP contribution in [0.1, 0.15) is 18.7 Å². The summed E-state index contributed by atoms with van der Waals surface area (Å²) in [6, 6.07) is 4.95. The Hall–Kier alpha value is -2.16. The smallest absolute Gasteiger partial charge is 0.324 e. The number of nitrogens with zero attached hydrogens (tertiary/aromatic N) is 6. The predicted molar refractivity (Wildman–Crippen MR) is 95.6 cm³/mol. The number of aromatic nitrogens is 5. The molecule has 3 aromatic heterocycles. The third-order valence-electron chi connectivity index (χ3n) is 5.23. The second kappa shape index (κ2) is 5.69. The van der Waals surface area contributed by atoms with Crippen LogP contribution in [0.4, 0.5) is 12.0 Å². The fraction of sp³-hybridized carbons (Fsp3) is 0.500. The van der Waals surface area contributed by atoms with Gasteiger partial charge in [-0.05, 0) is 59.7 Å². The fourth-order valence-corrected chi connectivity index (χ4v) is 4.54. The molecule has 1 saturated carbocycles. The summed E-state index contributed by atoms with van der Waals surface area (Å²) in [7, 11) is 0. The van der Waals surface area contributed by atoms with E-state index in [1.54, 1.807) is 4.52 Å². The molecule has 1 aliphatic heterocycles. The van der Waals surface area contributed by atoms with Crippen molar-refractivity contribution < 1.29 is 4.52 Å². The van der Waals surface area contributed by atoms with E-state index in [2.05, 4.69) is 46.4 Å². The number of aryl methyl sites for hydroxylation is 1. The Morgan fingerprint density at radius 3 is 2.72 bits per heavy atom. The highest BCUT2D eigenvalue weighted by Crippen LogP contribution is 2.39. The second-order valence-electron chi connectivity index (χ2n) is 6.86. The van der Waals surface area contributed by atoms with E-state index in [9.17, 15) is 0 Å². The zero-order valence-corrected chi connectivity index (χ0v) is 15.3. The van der Waals surface area contributed by atoms with Gasteiger partial charge < -0.3 is 14.7 Å². The summed E-state index contributed by atoms with van der Waals surface area (Å²) < 4.78 is 8.09. The molecule has 8 nitrogen and oxygen atoms in total. The topological polar surface area (TPSA) is 84.4 Å². The maximum atomic E-state index is 5.35. The first-order chi connectivity index (χ1) is 12.2. The molecule has 3 atom stereocenters. The number of pyridine rings is 1. The van der Waals surface area contributed by atoms with Crippen LogP contribution < -0.4 is 10.2 Å². The molecule has 130 valence electrons. The maximum absolute atomic E-state index is 5.35. The van der Waals surface area contributed by atoms with E-state index in [1.807, 2.05) is 25.3 Å². The molecule has 1 aliphatic carbocycles. The summed E-state index contributed by atoms with van der Waals surface area (Å²) in [6.07, 6.45) is 4.30. The van der Waals surface area contributed by atoms with Crippen molar-refractivity contribution in [3.8, 4) is 0 Å². The monoisotopic (exact) mass is 403 g/mol. The first kappa shape index (κ1) is 15.1. The first-order valence-corrected chi connectivity index (χ1v) is 9.29. The predicted octanol–water partition coefficient (Wildman–Crippen LogP) is 2.51. The highest BCUT2D eigenvalue weighted by molar-refractivity contribution is 9.10. The van der Waals surface area contributed by atoms with Crippen LogP contribution in [-0.2, 0) is 0 Å². The van der Waals surface area contributed by atoms with Gasteiger partial charge in [0.25, 0.3) is 0 Å². The average Bonchev–Trinajstić information content (AvgIpc) is 3.26. The Morgan fingerprint density at radius 1 is 1.24 bits per heavy atom. The van der Waals surface area contributed by atoms with E-state index in [1.165, 1.54) is 12.8 Å². The molecule has 2 aliphatic rings. The number of halogens is 1. The van der Waals surface area contributed by atoms with Gasteiger partial charge in [0.1, 0.15) is 0 Å². The van der Waals surface area contributed by atoms with Crippen LogP contribution in [0.25, 0.3) is 5.65 Å². The van der Waals surface area contributed by atoms with Crippen LogP contribution in [0.15, 0.2) is 27.3 Å². The molecule has 0 aromatic carbocycles. The van der Waals surface area contributed by atoms with Gasteiger partial charge in [-0.1, -0.05) is 5.16 Å². The highest BCUT2D eigenvalue weighted by atomic mass is 79.9. The molecule has 0 spiro atoms. The standard InChI is InChI=1S/C16H18BrN7O/c1-9-18-16(25-22-9)23-7-10-4-5-11(8-23)13(10)19-15-20-14-12(17)3-2-6-24(14)21-15/h2-3,6,10-11,13H,4-5,7-8H2,1H3,(H,19,21)/t10-,11+,13?. The maximum Gasteiger partial charge on any atom is 0.324 e. The Morgan fingerprint density at radius 2 is 2.04 bits per heavy atom. The van der Waals surface area contributed by atoms with Gasteiger partial charge in [0.05, 0.1) is 4.47 Å². The largest absolute Gasteiger partial charge is 0.349 e. The molecule has 4 heterocycles. The average molecular weight is 404 g/mol. The number of anilines is 2. The molecule has 2 bridgehead atoms. The molecule has 2 fully saturated rings. The first-order valence-electron chi connectivity index (χ1n) is 8.50. The minimum atomic E-state index is 0.386. The van der Waals surface area contributed by atoms with Crippen LogP contribution >= 0.6 is 15.9 Å². The van der Waals surface area contributed by atoms with Crippen molar-refractivity contribution >= 4 is 33.5 Å². The molecule has 0 radical (unpaired) electrons. The van der Waals surface area contributed by atoms with E-state index in [4.69, 9.17) is 4.52 Å². The zero-order valence-electron chi connectivity index (χ0n) is 13.8. The van der Waals surface area contributed by atoms with Crippen LogP contribution in [0.5, 0.6) is 0 Å². The fourth-order valence-electron chi connectivity index (χ4n) is 4.11. The van der Waals surface area contributed by atoms with E-state index >= 15 is 0 Å². The van der Waals surface area contributed by atoms with Gasteiger partial charge >= 0.3 is 6.01 Å². The van der Waals surface area contributed by atoms with Gasteiger partial charge in [-0.25, -0.2) is 4.52 Å². The van der Waals surface area contributed by atoms with E-state index in [-0.39, 0.29) is 0 Å². The summed E-state index contributed by atoms with van der Waals surface area (Å²) >= 11 is 3.53. The number of rotatable bonds is 3. The van der Waals surface area contributed by atoms with Gasteiger partial charge in [-0.2, -0.15) is 9.97 Å². The van der Waals surface area contributed by atoms with Crippen LogP contribution in [0.3, 0.4) is 0 Å². The van der Waals surface area contributed by atoms with Crippen molar-refractivity contribution in [2.24, 2.45) is 11.8 Å². The van der Waals surface area contributed by atoms with Crippen molar-refractivity contribution in [1.29, 1.82) is 0 Å². The van der Waals surface area contributed by atoms with Gasteiger partial charge in [0.15, 0.2) is 11.5 Å². The number of hydrogen-bond acceptors (Lipinski definition) is 7. The molecule has 9 heteroatoms. The molecule has 0 amide bonds. The summed E-state index contributed by atoms with van der Waals surface area (Å²) in [5.41, 5.74) is 0.830. The molecule has 5 rings (SSSR count). The van der Waals surface area contributed by atoms with Gasteiger partial charge in [0, 0.05) is 25.3 Å².